The summed E-state index contributed by atoms with van der Waals surface area (Å²) in [5.41, 5.74) is 14.3. The first-order valence-electron chi connectivity index (χ1n) is 21.5. The van der Waals surface area contributed by atoms with Crippen LogP contribution in [0.3, 0.4) is 0 Å². The molecule has 8 N–H and O–H groups in total. The summed E-state index contributed by atoms with van der Waals surface area (Å²) in [5.74, 6) is 0.453. The lowest BCUT2D eigenvalue weighted by molar-refractivity contribution is 0.0987. The molecule has 2 aliphatic rings. The number of amides is 2. The van der Waals surface area contributed by atoms with Gasteiger partial charge in [0.1, 0.15) is 22.9 Å². The molecule has 2 aromatic carbocycles. The maximum Gasteiger partial charge on any atom is 0.267 e. The third-order valence-corrected chi connectivity index (χ3v) is 12.1. The number of nitrogens with two attached hydrogens (primary N) is 2. The molecule has 0 aliphatic carbocycles. The van der Waals surface area contributed by atoms with Crippen molar-refractivity contribution < 1.29 is 19.8 Å². The number of rotatable bonds is 8. The number of phenols is 2. The Kier molecular flexibility index (Phi) is 12.0. The van der Waals surface area contributed by atoms with Gasteiger partial charge in [-0.05, 0) is 136 Å². The summed E-state index contributed by atoms with van der Waals surface area (Å²) in [4.78, 5) is 35.7. The van der Waals surface area contributed by atoms with Gasteiger partial charge in [0.2, 0.25) is 0 Å². The van der Waals surface area contributed by atoms with Crippen LogP contribution in [0.5, 0.6) is 11.5 Å². The van der Waals surface area contributed by atoms with Crippen LogP contribution >= 0.6 is 0 Å². The molecule has 0 unspecified atom stereocenters. The average molecular weight is 869 g/mol. The second-order valence-corrected chi connectivity index (χ2v) is 19.9. The molecule has 2 aliphatic heterocycles. The van der Waals surface area contributed by atoms with Gasteiger partial charge < -0.3 is 42.1 Å². The van der Waals surface area contributed by atoms with Crippen molar-refractivity contribution in [3.63, 3.8) is 0 Å². The molecule has 64 heavy (non-hydrogen) atoms. The van der Waals surface area contributed by atoms with Crippen molar-refractivity contribution in [1.29, 1.82) is 0 Å². The van der Waals surface area contributed by atoms with E-state index in [2.05, 4.69) is 120 Å². The van der Waals surface area contributed by atoms with Gasteiger partial charge in [0.25, 0.3) is 11.8 Å². The predicted molar refractivity (Wildman–Crippen MR) is 251 cm³/mol. The molecule has 0 saturated carbocycles. The summed E-state index contributed by atoms with van der Waals surface area (Å²) in [6.45, 7) is 17.8. The van der Waals surface area contributed by atoms with E-state index in [0.717, 1.165) is 42.7 Å². The third kappa shape index (κ3) is 10.1. The number of nitrogens with zero attached hydrogens (tertiary/aromatic N) is 8. The topological polar surface area (TPSA) is 235 Å². The van der Waals surface area contributed by atoms with E-state index in [1.54, 1.807) is 36.4 Å². The van der Waals surface area contributed by atoms with Gasteiger partial charge >= 0.3 is 0 Å². The molecule has 2 fully saturated rings. The SMILES string of the molecule is CN(c1ccc(-c2cc3ccc(C(N)=O)nc3cc2O)nn1)C1CC(C)(C)NC(C)(C)C1.CN(c1ccc(-c2cc3nc(C(N)=O)ccc3cc2O)nn1)C1CC(C)(C)NC(C)(C)C1. The molecular formula is C48H60N12O4. The highest BCUT2D eigenvalue weighted by atomic mass is 16.3. The van der Waals surface area contributed by atoms with Gasteiger partial charge in [-0.3, -0.25) is 9.59 Å². The summed E-state index contributed by atoms with van der Waals surface area (Å²) in [7, 11) is 4.11. The van der Waals surface area contributed by atoms with Gasteiger partial charge in [-0.2, -0.15) is 0 Å². The van der Waals surface area contributed by atoms with Gasteiger partial charge in [0.05, 0.1) is 22.4 Å². The number of primary amides is 2. The molecule has 16 nitrogen and oxygen atoms in total. The molecule has 4 aromatic heterocycles. The monoisotopic (exact) mass is 868 g/mol. The highest BCUT2D eigenvalue weighted by Gasteiger charge is 2.41. The molecule has 6 heterocycles. The van der Waals surface area contributed by atoms with Gasteiger partial charge in [-0.1, -0.05) is 12.1 Å². The van der Waals surface area contributed by atoms with Crippen molar-refractivity contribution in [1.82, 2.24) is 41.0 Å². The van der Waals surface area contributed by atoms with Crippen LogP contribution in [0.2, 0.25) is 0 Å². The lowest BCUT2D eigenvalue weighted by Crippen LogP contribution is -2.62. The lowest BCUT2D eigenvalue weighted by Gasteiger charge is -2.49. The number of hydrogen-bond acceptors (Lipinski definition) is 14. The Hall–Kier alpha value is -6.52. The van der Waals surface area contributed by atoms with Crippen LogP contribution in [0.4, 0.5) is 11.6 Å². The quantitative estimate of drug-likeness (QED) is 0.0961. The first-order valence-corrected chi connectivity index (χ1v) is 21.5. The Morgan fingerprint density at radius 3 is 1.31 bits per heavy atom. The fraction of sp³-hybridized carbons (Fsp3) is 0.417. The molecule has 8 rings (SSSR count). The van der Waals surface area contributed by atoms with Crippen LogP contribution in [-0.4, -0.2) is 101 Å². The van der Waals surface area contributed by atoms with Crippen LogP contribution < -0.4 is 31.9 Å². The minimum atomic E-state index is -0.610. The highest BCUT2D eigenvalue weighted by Crippen LogP contribution is 2.37. The average Bonchev–Trinajstić information content (AvgIpc) is 3.20. The van der Waals surface area contributed by atoms with Gasteiger partial charge in [-0.25, -0.2) is 9.97 Å². The minimum absolute atomic E-state index is 0.0175. The van der Waals surface area contributed by atoms with Crippen LogP contribution in [0.1, 0.15) is 102 Å². The molecule has 6 aromatic rings. The fourth-order valence-corrected chi connectivity index (χ4v) is 9.78. The van der Waals surface area contributed by atoms with Crippen LogP contribution in [0, 0.1) is 0 Å². The van der Waals surface area contributed by atoms with E-state index in [4.69, 9.17) is 11.5 Å². The number of nitrogens with one attached hydrogen (secondary N) is 2. The molecular weight excluding hydrogens is 809 g/mol. The fourth-order valence-electron chi connectivity index (χ4n) is 9.78. The van der Waals surface area contributed by atoms with Gasteiger partial charge in [0, 0.05) is 76.3 Å². The van der Waals surface area contributed by atoms with Crippen molar-refractivity contribution >= 4 is 45.3 Å². The summed E-state index contributed by atoms with van der Waals surface area (Å²) < 4.78 is 0. The number of hydrogen-bond donors (Lipinski definition) is 6. The lowest BCUT2D eigenvalue weighted by atomic mass is 9.79. The minimum Gasteiger partial charge on any atom is -0.507 e. The highest BCUT2D eigenvalue weighted by molar-refractivity contribution is 5.96. The van der Waals surface area contributed by atoms with Crippen molar-refractivity contribution in [2.45, 2.75) is 115 Å². The largest absolute Gasteiger partial charge is 0.507 e. The zero-order valence-electron chi connectivity index (χ0n) is 38.4. The smallest absolute Gasteiger partial charge is 0.267 e. The summed E-state index contributed by atoms with van der Waals surface area (Å²) in [5, 5.41) is 47.6. The van der Waals surface area contributed by atoms with E-state index >= 15 is 0 Å². The summed E-state index contributed by atoms with van der Waals surface area (Å²) >= 11 is 0. The number of pyridine rings is 2. The summed E-state index contributed by atoms with van der Waals surface area (Å²) in [6.07, 6.45) is 4.00. The standard InChI is InChI=1S/2C24H30N6O2/c1-23(2)12-15(13-24(3,4)29-23)30(5)21-9-8-17(27-28-21)16-11-19-14(10-20(16)31)6-7-18(26-19)22(25)32;1-23(2)12-15(13-24(3,4)29-23)30(5)21-9-8-17(27-28-21)16-10-14-6-7-18(22(25)32)26-19(14)11-20(16)31/h2*6-11,15,29,31H,12-13H2,1-5H3,(H2,25,32). The Bertz CT molecular complexity index is 2690. The van der Waals surface area contributed by atoms with Gasteiger partial charge in [0.15, 0.2) is 11.6 Å². The Morgan fingerprint density at radius 1 is 0.547 bits per heavy atom. The van der Waals surface area contributed by atoms with Crippen LogP contribution in [0.25, 0.3) is 44.3 Å². The van der Waals surface area contributed by atoms with Crippen LogP contribution in [0.15, 0.2) is 72.8 Å². The zero-order chi connectivity index (χ0) is 46.5. The maximum atomic E-state index is 11.5. The molecule has 336 valence electrons. The molecule has 0 atom stereocenters. The second-order valence-electron chi connectivity index (χ2n) is 19.9. The van der Waals surface area contributed by atoms with E-state index in [0.29, 0.717) is 51.0 Å². The van der Waals surface area contributed by atoms with E-state index in [1.807, 2.05) is 24.3 Å². The molecule has 2 amide bonds. The van der Waals surface area contributed by atoms with Crippen molar-refractivity contribution in [2.24, 2.45) is 11.5 Å². The van der Waals surface area contributed by atoms with E-state index in [-0.39, 0.29) is 45.0 Å². The normalized spacial score (nSPS) is 17.9. The van der Waals surface area contributed by atoms with E-state index in [9.17, 15) is 19.8 Å². The van der Waals surface area contributed by atoms with Crippen molar-refractivity contribution in [3.8, 4) is 34.0 Å². The van der Waals surface area contributed by atoms with Crippen LogP contribution in [-0.2, 0) is 0 Å². The number of phenolic OH excluding ortho intramolecular Hbond substituents is 2. The zero-order valence-corrected chi connectivity index (χ0v) is 38.4. The molecule has 16 heteroatoms. The first-order chi connectivity index (χ1) is 29.9. The number of carbonyl (C=O) groups is 2. The second kappa shape index (κ2) is 16.9. The number of anilines is 2. The maximum absolute atomic E-state index is 11.5. The number of aromatic nitrogens is 6. The summed E-state index contributed by atoms with van der Waals surface area (Å²) in [6, 6.07) is 21.4. The Labute approximate surface area is 373 Å². The van der Waals surface area contributed by atoms with Crippen molar-refractivity contribution in [3.05, 3.63) is 84.2 Å². The molecule has 2 saturated heterocycles. The Morgan fingerprint density at radius 2 is 0.922 bits per heavy atom. The first kappa shape index (κ1) is 45.5. The molecule has 0 bridgehead atoms. The molecule has 0 radical (unpaired) electrons. The van der Waals surface area contributed by atoms with E-state index < -0.39 is 11.8 Å². The third-order valence-electron chi connectivity index (χ3n) is 12.1. The number of piperidine rings is 2. The van der Waals surface area contributed by atoms with E-state index in [1.165, 1.54) is 12.1 Å². The number of carbonyl (C=O) groups excluding carboxylic acids is 2. The number of fused-ring (bicyclic) bond motifs is 2. The number of benzene rings is 2. The predicted octanol–water partition coefficient (Wildman–Crippen LogP) is 6.48. The molecule has 0 spiro atoms. The van der Waals surface area contributed by atoms with Crippen molar-refractivity contribution in [2.75, 3.05) is 23.9 Å². The van der Waals surface area contributed by atoms with Gasteiger partial charge in [-0.15, -0.1) is 20.4 Å². The number of aromatic hydroxyl groups is 2. The Balaban J connectivity index is 0.000000191.